The van der Waals surface area contributed by atoms with Crippen molar-refractivity contribution in [3.63, 3.8) is 0 Å². The van der Waals surface area contributed by atoms with Crippen molar-refractivity contribution in [1.29, 1.82) is 0 Å². The molecule has 1 fully saturated rings. The van der Waals surface area contributed by atoms with Crippen molar-refractivity contribution in [1.82, 2.24) is 4.90 Å². The van der Waals surface area contributed by atoms with E-state index in [2.05, 4.69) is 43.4 Å². The molecule has 3 heteroatoms. The fraction of sp³-hybridized carbons (Fsp3) is 0.562. The van der Waals surface area contributed by atoms with E-state index in [0.29, 0.717) is 18.9 Å². The van der Waals surface area contributed by atoms with Crippen molar-refractivity contribution < 1.29 is 4.79 Å². The van der Waals surface area contributed by atoms with E-state index >= 15 is 0 Å². The molecule has 1 unspecified atom stereocenters. The first kappa shape index (κ1) is 13.9. The lowest BCUT2D eigenvalue weighted by atomic mass is 10.00. The third-order valence-corrected chi connectivity index (χ3v) is 3.73. The molecule has 1 saturated heterocycles. The summed E-state index contributed by atoms with van der Waals surface area (Å²) in [7, 11) is 0. The molecule has 1 heterocycles. The average molecular weight is 260 g/mol. The van der Waals surface area contributed by atoms with Crippen LogP contribution < -0.4 is 5.32 Å². The molecule has 19 heavy (non-hydrogen) atoms. The number of nitrogens with one attached hydrogen (secondary N) is 1. The second-order valence-electron chi connectivity index (χ2n) is 5.63. The maximum absolute atomic E-state index is 12.1. The van der Waals surface area contributed by atoms with Crippen LogP contribution in [0.15, 0.2) is 24.3 Å². The Balaban J connectivity index is 1.73. The molecule has 104 valence electrons. The van der Waals surface area contributed by atoms with Crippen LogP contribution in [0.25, 0.3) is 0 Å². The van der Waals surface area contributed by atoms with Gasteiger partial charge in [-0.3, -0.25) is 4.79 Å². The van der Waals surface area contributed by atoms with Gasteiger partial charge in [-0.05, 0) is 37.8 Å². The molecule has 3 nitrogen and oxygen atoms in total. The highest BCUT2D eigenvalue weighted by Gasteiger charge is 2.20. The van der Waals surface area contributed by atoms with Gasteiger partial charge in [-0.25, -0.2) is 0 Å². The lowest BCUT2D eigenvalue weighted by molar-refractivity contribution is -0.132. The number of likely N-dealkylation sites (tertiary alicyclic amines) is 1. The number of hydrogen-bond acceptors (Lipinski definition) is 2. The second-order valence-corrected chi connectivity index (χ2v) is 5.63. The number of nitrogens with zero attached hydrogens (tertiary/aromatic N) is 1. The van der Waals surface area contributed by atoms with Crippen molar-refractivity contribution in [3.05, 3.63) is 29.8 Å². The Morgan fingerprint density at radius 1 is 1.37 bits per heavy atom. The minimum absolute atomic E-state index is 0.283. The van der Waals surface area contributed by atoms with Gasteiger partial charge in [-0.1, -0.05) is 24.6 Å². The van der Waals surface area contributed by atoms with E-state index in [9.17, 15) is 4.79 Å². The Labute approximate surface area is 116 Å². The number of amides is 1. The van der Waals surface area contributed by atoms with Crippen LogP contribution in [0.2, 0.25) is 0 Å². The van der Waals surface area contributed by atoms with Gasteiger partial charge >= 0.3 is 0 Å². The SMILES string of the molecule is Cc1ccc(NCCC(=O)N2CCCC(C)C2)cc1. The number of aryl methyl sites for hydroxylation is 1. The summed E-state index contributed by atoms with van der Waals surface area (Å²) in [5.74, 6) is 0.939. The summed E-state index contributed by atoms with van der Waals surface area (Å²) in [5.41, 5.74) is 2.34. The van der Waals surface area contributed by atoms with E-state index in [1.54, 1.807) is 0 Å². The Morgan fingerprint density at radius 2 is 2.11 bits per heavy atom. The lowest BCUT2D eigenvalue weighted by Crippen LogP contribution is -2.39. The highest BCUT2D eigenvalue weighted by molar-refractivity contribution is 5.76. The fourth-order valence-electron chi connectivity index (χ4n) is 2.56. The van der Waals surface area contributed by atoms with Gasteiger partial charge in [0.1, 0.15) is 0 Å². The van der Waals surface area contributed by atoms with E-state index in [1.165, 1.54) is 12.0 Å². The lowest BCUT2D eigenvalue weighted by Gasteiger charge is -2.31. The third kappa shape index (κ3) is 4.27. The molecule has 1 N–H and O–H groups in total. The second kappa shape index (κ2) is 6.60. The smallest absolute Gasteiger partial charge is 0.224 e. The molecule has 1 aromatic rings. The standard InChI is InChI=1S/C16H24N2O/c1-13-5-7-15(8-6-13)17-10-9-16(19)18-11-3-4-14(2)12-18/h5-8,14,17H,3-4,9-12H2,1-2H3. The summed E-state index contributed by atoms with van der Waals surface area (Å²) in [5, 5.41) is 3.31. The minimum Gasteiger partial charge on any atom is -0.385 e. The van der Waals surface area contributed by atoms with Gasteiger partial charge in [0.15, 0.2) is 0 Å². The van der Waals surface area contributed by atoms with Gasteiger partial charge in [0, 0.05) is 31.7 Å². The number of anilines is 1. The summed E-state index contributed by atoms with van der Waals surface area (Å²) >= 11 is 0. The van der Waals surface area contributed by atoms with Crippen LogP contribution in [0.4, 0.5) is 5.69 Å². The molecular weight excluding hydrogens is 236 g/mol. The van der Waals surface area contributed by atoms with E-state index in [1.807, 2.05) is 4.90 Å². The van der Waals surface area contributed by atoms with Gasteiger partial charge in [-0.2, -0.15) is 0 Å². The van der Waals surface area contributed by atoms with Crippen LogP contribution in [0, 0.1) is 12.8 Å². The number of rotatable bonds is 4. The summed E-state index contributed by atoms with van der Waals surface area (Å²) in [6, 6.07) is 8.28. The number of hydrogen-bond donors (Lipinski definition) is 1. The van der Waals surface area contributed by atoms with E-state index in [-0.39, 0.29) is 5.91 Å². The van der Waals surface area contributed by atoms with Crippen molar-refractivity contribution >= 4 is 11.6 Å². The number of carbonyl (C=O) groups is 1. The fourth-order valence-corrected chi connectivity index (χ4v) is 2.56. The maximum Gasteiger partial charge on any atom is 0.224 e. The van der Waals surface area contributed by atoms with Crippen LogP contribution in [0.1, 0.15) is 31.7 Å². The molecule has 1 aliphatic rings. The van der Waals surface area contributed by atoms with Crippen molar-refractivity contribution in [2.24, 2.45) is 5.92 Å². The van der Waals surface area contributed by atoms with Crippen LogP contribution >= 0.6 is 0 Å². The molecule has 1 amide bonds. The molecule has 1 aliphatic heterocycles. The summed E-state index contributed by atoms with van der Waals surface area (Å²) in [6.07, 6.45) is 2.99. The number of benzene rings is 1. The first-order valence-corrected chi connectivity index (χ1v) is 7.23. The monoisotopic (exact) mass is 260 g/mol. The topological polar surface area (TPSA) is 32.3 Å². The van der Waals surface area contributed by atoms with Gasteiger partial charge in [0.25, 0.3) is 0 Å². The van der Waals surface area contributed by atoms with E-state index in [0.717, 1.165) is 25.2 Å². The zero-order valence-electron chi connectivity index (χ0n) is 12.0. The van der Waals surface area contributed by atoms with E-state index < -0.39 is 0 Å². The molecule has 0 aliphatic carbocycles. The van der Waals surface area contributed by atoms with Crippen molar-refractivity contribution in [2.75, 3.05) is 25.0 Å². The first-order chi connectivity index (χ1) is 9.15. The molecule has 0 radical (unpaired) electrons. The quantitative estimate of drug-likeness (QED) is 0.902. The molecule has 0 saturated carbocycles. The third-order valence-electron chi connectivity index (χ3n) is 3.73. The molecule has 1 aromatic carbocycles. The van der Waals surface area contributed by atoms with Gasteiger partial charge < -0.3 is 10.2 Å². The Kier molecular flexibility index (Phi) is 4.83. The zero-order valence-corrected chi connectivity index (χ0v) is 12.0. The van der Waals surface area contributed by atoms with Crippen LogP contribution in [0.5, 0.6) is 0 Å². The number of piperidine rings is 1. The Morgan fingerprint density at radius 3 is 2.79 bits per heavy atom. The normalized spacial score (nSPS) is 19.3. The van der Waals surface area contributed by atoms with Gasteiger partial charge in [-0.15, -0.1) is 0 Å². The summed E-state index contributed by atoms with van der Waals surface area (Å²) < 4.78 is 0. The zero-order chi connectivity index (χ0) is 13.7. The minimum atomic E-state index is 0.283. The largest absolute Gasteiger partial charge is 0.385 e. The predicted octanol–water partition coefficient (Wildman–Crippen LogP) is 3.06. The highest BCUT2D eigenvalue weighted by Crippen LogP contribution is 2.16. The van der Waals surface area contributed by atoms with Crippen molar-refractivity contribution in [3.8, 4) is 0 Å². The predicted molar refractivity (Wildman–Crippen MR) is 79.3 cm³/mol. The van der Waals surface area contributed by atoms with Crippen LogP contribution in [-0.2, 0) is 4.79 Å². The Hall–Kier alpha value is -1.51. The Bertz CT molecular complexity index is 413. The maximum atomic E-state index is 12.1. The van der Waals surface area contributed by atoms with Crippen LogP contribution in [-0.4, -0.2) is 30.4 Å². The summed E-state index contributed by atoms with van der Waals surface area (Å²) in [6.45, 7) is 6.89. The number of carbonyl (C=O) groups excluding carboxylic acids is 1. The highest BCUT2D eigenvalue weighted by atomic mass is 16.2. The van der Waals surface area contributed by atoms with E-state index in [4.69, 9.17) is 0 Å². The molecule has 0 spiro atoms. The molecule has 1 atom stereocenters. The van der Waals surface area contributed by atoms with Crippen molar-refractivity contribution in [2.45, 2.75) is 33.1 Å². The average Bonchev–Trinajstić information content (AvgIpc) is 2.41. The first-order valence-electron chi connectivity index (χ1n) is 7.23. The van der Waals surface area contributed by atoms with Gasteiger partial charge in [0.05, 0.1) is 0 Å². The summed E-state index contributed by atoms with van der Waals surface area (Å²) in [4.78, 5) is 14.1. The van der Waals surface area contributed by atoms with Crippen LogP contribution in [0.3, 0.4) is 0 Å². The molecular formula is C16H24N2O. The molecule has 0 bridgehead atoms. The molecule has 2 rings (SSSR count). The molecule has 0 aromatic heterocycles. The van der Waals surface area contributed by atoms with Gasteiger partial charge in [0.2, 0.25) is 5.91 Å².